The van der Waals surface area contributed by atoms with Crippen LogP contribution < -0.4 is 0 Å². The molecule has 0 N–H and O–H groups in total. The van der Waals surface area contributed by atoms with Gasteiger partial charge in [0.25, 0.3) is 5.91 Å². The Bertz CT molecular complexity index is 672. The van der Waals surface area contributed by atoms with Crippen LogP contribution in [0.2, 0.25) is 0 Å². The Morgan fingerprint density at radius 3 is 2.48 bits per heavy atom. The van der Waals surface area contributed by atoms with E-state index in [-0.39, 0.29) is 11.9 Å². The molecular formula is C19H24N2OS. The van der Waals surface area contributed by atoms with Crippen LogP contribution in [0, 0.1) is 6.92 Å². The molecule has 0 bridgehead atoms. The summed E-state index contributed by atoms with van der Waals surface area (Å²) in [5.74, 6) is 0.157. The van der Waals surface area contributed by atoms with Gasteiger partial charge in [-0.15, -0.1) is 11.3 Å². The van der Waals surface area contributed by atoms with Gasteiger partial charge in [-0.3, -0.25) is 4.79 Å². The third kappa shape index (κ3) is 3.32. The van der Waals surface area contributed by atoms with E-state index in [1.165, 1.54) is 24.2 Å². The third-order valence-corrected chi connectivity index (χ3v) is 5.72. The van der Waals surface area contributed by atoms with Crippen LogP contribution in [0.4, 0.5) is 0 Å². The molecule has 1 heterocycles. The molecule has 1 aliphatic carbocycles. The minimum Gasteiger partial charge on any atom is -0.332 e. The summed E-state index contributed by atoms with van der Waals surface area (Å²) in [4.78, 5) is 20.7. The molecule has 0 unspecified atom stereocenters. The van der Waals surface area contributed by atoms with E-state index < -0.39 is 0 Å². The Balaban J connectivity index is 1.91. The monoisotopic (exact) mass is 328 g/mol. The largest absolute Gasteiger partial charge is 0.332 e. The Labute approximate surface area is 142 Å². The van der Waals surface area contributed by atoms with Crippen LogP contribution in [-0.2, 0) is 0 Å². The molecule has 4 heteroatoms. The first-order chi connectivity index (χ1) is 11.1. The average Bonchev–Trinajstić information content (AvgIpc) is 3.18. The number of thiazole rings is 1. The van der Waals surface area contributed by atoms with Gasteiger partial charge in [0.1, 0.15) is 9.88 Å². The number of carbonyl (C=O) groups is 1. The van der Waals surface area contributed by atoms with Gasteiger partial charge in [0.2, 0.25) is 0 Å². The zero-order valence-electron chi connectivity index (χ0n) is 14.1. The van der Waals surface area contributed by atoms with Crippen molar-refractivity contribution in [2.45, 2.75) is 58.5 Å². The number of carbonyl (C=O) groups excluding carboxylic acids is 1. The standard InChI is InChI=1S/C19H24N2OS/c1-13(2)21(16-11-7-8-12-16)19(22)17-14(3)20-18(23-17)15-9-5-4-6-10-15/h4-6,9-10,13,16H,7-8,11-12H2,1-3H3. The van der Waals surface area contributed by atoms with E-state index >= 15 is 0 Å². The highest BCUT2D eigenvalue weighted by Gasteiger charge is 2.31. The number of rotatable bonds is 4. The molecule has 0 saturated heterocycles. The number of nitrogens with zero attached hydrogens (tertiary/aromatic N) is 2. The van der Waals surface area contributed by atoms with Crippen LogP contribution in [0.1, 0.15) is 54.9 Å². The number of benzene rings is 1. The Hall–Kier alpha value is -1.68. The van der Waals surface area contributed by atoms with Gasteiger partial charge in [-0.25, -0.2) is 4.98 Å². The van der Waals surface area contributed by atoms with Crippen LogP contribution in [0.25, 0.3) is 10.6 Å². The molecule has 0 atom stereocenters. The van der Waals surface area contributed by atoms with E-state index in [0.29, 0.717) is 6.04 Å². The number of aryl methyl sites for hydroxylation is 1. The topological polar surface area (TPSA) is 33.2 Å². The molecule has 1 fully saturated rings. The zero-order chi connectivity index (χ0) is 16.4. The van der Waals surface area contributed by atoms with Gasteiger partial charge in [-0.2, -0.15) is 0 Å². The number of amides is 1. The van der Waals surface area contributed by atoms with Gasteiger partial charge in [-0.05, 0) is 33.6 Å². The summed E-state index contributed by atoms with van der Waals surface area (Å²) < 4.78 is 0. The first-order valence-electron chi connectivity index (χ1n) is 8.43. The molecule has 1 aromatic carbocycles. The van der Waals surface area contributed by atoms with Gasteiger partial charge in [0, 0.05) is 17.6 Å². The van der Waals surface area contributed by atoms with Crippen molar-refractivity contribution < 1.29 is 4.79 Å². The third-order valence-electron chi connectivity index (χ3n) is 4.52. The first-order valence-corrected chi connectivity index (χ1v) is 9.25. The molecule has 122 valence electrons. The van der Waals surface area contributed by atoms with Gasteiger partial charge >= 0.3 is 0 Å². The lowest BCUT2D eigenvalue weighted by Crippen LogP contribution is -2.43. The Kier molecular flexibility index (Phi) is 4.81. The molecule has 2 aromatic rings. The summed E-state index contributed by atoms with van der Waals surface area (Å²) in [5.41, 5.74) is 1.93. The summed E-state index contributed by atoms with van der Waals surface area (Å²) in [5, 5.41) is 0.932. The minimum atomic E-state index is 0.157. The highest BCUT2D eigenvalue weighted by Crippen LogP contribution is 2.32. The molecule has 0 aliphatic heterocycles. The van der Waals surface area contributed by atoms with E-state index in [1.807, 2.05) is 37.3 Å². The van der Waals surface area contributed by atoms with Crippen LogP contribution in [-0.4, -0.2) is 27.9 Å². The lowest BCUT2D eigenvalue weighted by atomic mass is 10.1. The maximum Gasteiger partial charge on any atom is 0.266 e. The smallest absolute Gasteiger partial charge is 0.266 e. The molecule has 3 nitrogen and oxygen atoms in total. The highest BCUT2D eigenvalue weighted by atomic mass is 32.1. The quantitative estimate of drug-likeness (QED) is 0.799. The fourth-order valence-electron chi connectivity index (χ4n) is 3.42. The molecule has 0 spiro atoms. The maximum atomic E-state index is 13.1. The van der Waals surface area contributed by atoms with Gasteiger partial charge in [-0.1, -0.05) is 43.2 Å². The fourth-order valence-corrected chi connectivity index (χ4v) is 4.44. The van der Waals surface area contributed by atoms with E-state index in [1.54, 1.807) is 0 Å². The first kappa shape index (κ1) is 16.2. The second-order valence-electron chi connectivity index (χ2n) is 6.54. The summed E-state index contributed by atoms with van der Waals surface area (Å²) in [6.07, 6.45) is 4.73. The van der Waals surface area contributed by atoms with Crippen molar-refractivity contribution in [1.82, 2.24) is 9.88 Å². The van der Waals surface area contributed by atoms with Gasteiger partial charge in [0.15, 0.2) is 0 Å². The van der Waals surface area contributed by atoms with E-state index in [9.17, 15) is 4.79 Å². The molecule has 1 aliphatic rings. The minimum absolute atomic E-state index is 0.157. The van der Waals surface area contributed by atoms with Crippen molar-refractivity contribution in [2.75, 3.05) is 0 Å². The van der Waals surface area contributed by atoms with Crippen LogP contribution in [0.15, 0.2) is 30.3 Å². The van der Waals surface area contributed by atoms with E-state index in [4.69, 9.17) is 0 Å². The lowest BCUT2D eigenvalue weighted by molar-refractivity contribution is 0.0617. The van der Waals surface area contributed by atoms with Crippen molar-refractivity contribution in [2.24, 2.45) is 0 Å². The molecule has 1 aromatic heterocycles. The van der Waals surface area contributed by atoms with Crippen LogP contribution >= 0.6 is 11.3 Å². The Morgan fingerprint density at radius 1 is 1.22 bits per heavy atom. The predicted molar refractivity (Wildman–Crippen MR) is 95.8 cm³/mol. The van der Waals surface area contributed by atoms with Crippen molar-refractivity contribution in [3.8, 4) is 10.6 Å². The summed E-state index contributed by atoms with van der Waals surface area (Å²) >= 11 is 1.52. The van der Waals surface area contributed by atoms with Crippen molar-refractivity contribution in [3.05, 3.63) is 40.9 Å². The van der Waals surface area contributed by atoms with Crippen molar-refractivity contribution in [1.29, 1.82) is 0 Å². The zero-order valence-corrected chi connectivity index (χ0v) is 14.9. The normalized spacial score (nSPS) is 15.3. The fraction of sp³-hybridized carbons (Fsp3) is 0.474. The summed E-state index contributed by atoms with van der Waals surface area (Å²) in [6, 6.07) is 10.7. The SMILES string of the molecule is Cc1nc(-c2ccccc2)sc1C(=O)N(C(C)C)C1CCCC1. The van der Waals surface area contributed by atoms with Crippen LogP contribution in [0.5, 0.6) is 0 Å². The van der Waals surface area contributed by atoms with Gasteiger partial charge < -0.3 is 4.90 Å². The Morgan fingerprint density at radius 2 is 1.87 bits per heavy atom. The van der Waals surface area contributed by atoms with Crippen LogP contribution in [0.3, 0.4) is 0 Å². The number of hydrogen-bond acceptors (Lipinski definition) is 3. The molecule has 3 rings (SSSR count). The molecule has 1 amide bonds. The van der Waals surface area contributed by atoms with Gasteiger partial charge in [0.05, 0.1) is 5.69 Å². The van der Waals surface area contributed by atoms with E-state index in [0.717, 1.165) is 34.0 Å². The molecule has 23 heavy (non-hydrogen) atoms. The summed E-state index contributed by atoms with van der Waals surface area (Å²) in [7, 11) is 0. The predicted octanol–water partition coefficient (Wildman–Crippen LogP) is 4.91. The average molecular weight is 328 g/mol. The number of aromatic nitrogens is 1. The molecular weight excluding hydrogens is 304 g/mol. The molecule has 0 radical (unpaired) electrons. The van der Waals surface area contributed by atoms with Crippen molar-refractivity contribution >= 4 is 17.2 Å². The highest BCUT2D eigenvalue weighted by molar-refractivity contribution is 7.17. The van der Waals surface area contributed by atoms with E-state index in [2.05, 4.69) is 23.7 Å². The lowest BCUT2D eigenvalue weighted by Gasteiger charge is -2.32. The molecule has 1 saturated carbocycles. The second-order valence-corrected chi connectivity index (χ2v) is 7.54. The van der Waals surface area contributed by atoms with Crippen molar-refractivity contribution in [3.63, 3.8) is 0 Å². The second kappa shape index (κ2) is 6.83. The number of hydrogen-bond donors (Lipinski definition) is 0. The maximum absolute atomic E-state index is 13.1. The summed E-state index contributed by atoms with van der Waals surface area (Å²) in [6.45, 7) is 6.18.